The summed E-state index contributed by atoms with van der Waals surface area (Å²) >= 11 is 0. The van der Waals surface area contributed by atoms with E-state index in [0.717, 1.165) is 31.3 Å². The molecule has 0 radical (unpaired) electrons. The smallest absolute Gasteiger partial charge is 0.323 e. The summed E-state index contributed by atoms with van der Waals surface area (Å²) in [5.74, 6) is 0. The van der Waals surface area contributed by atoms with Crippen LogP contribution in [0.2, 0.25) is 0 Å². The predicted molar refractivity (Wildman–Crippen MR) is 111 cm³/mol. The van der Waals surface area contributed by atoms with Crippen LogP contribution in [0.25, 0.3) is 0 Å². The van der Waals surface area contributed by atoms with Gasteiger partial charge in [-0.3, -0.25) is 14.4 Å². The molecule has 4 N–H and O–H groups in total. The van der Waals surface area contributed by atoms with Crippen LogP contribution in [-0.4, -0.2) is 33.4 Å². The molecule has 0 heterocycles. The van der Waals surface area contributed by atoms with E-state index in [2.05, 4.69) is 42.8 Å². The fourth-order valence-corrected chi connectivity index (χ4v) is 5.27. The lowest BCUT2D eigenvalue weighted by atomic mass is 10.1. The van der Waals surface area contributed by atoms with Crippen LogP contribution >= 0.6 is 15.2 Å². The number of rotatable bonds is 13. The highest BCUT2D eigenvalue weighted by Crippen LogP contribution is 2.61. The van der Waals surface area contributed by atoms with Gasteiger partial charge < -0.3 is 19.2 Å². The van der Waals surface area contributed by atoms with Gasteiger partial charge in [-0.1, -0.05) is 34.9 Å². The number of nitrogens with one attached hydrogen (secondary N) is 1. The Hall–Kier alpha value is -0.520. The molecule has 0 saturated heterocycles. The summed E-state index contributed by atoms with van der Waals surface area (Å²) < 4.78 is 28.1. The van der Waals surface area contributed by atoms with Crippen molar-refractivity contribution in [2.75, 3.05) is 13.2 Å². The fraction of sp³-hybridized carbons (Fsp3) is 0.667. The molecule has 0 aromatic rings. The van der Waals surface area contributed by atoms with E-state index in [1.54, 1.807) is 6.08 Å². The second-order valence-electron chi connectivity index (χ2n) is 6.81. The summed E-state index contributed by atoms with van der Waals surface area (Å²) in [6.45, 7) is 9.64. The zero-order valence-corrected chi connectivity index (χ0v) is 18.8. The molecule has 0 bridgehead atoms. The van der Waals surface area contributed by atoms with Gasteiger partial charge in [0, 0.05) is 6.54 Å². The van der Waals surface area contributed by atoms with Crippen molar-refractivity contribution in [3.63, 3.8) is 0 Å². The van der Waals surface area contributed by atoms with Crippen molar-refractivity contribution in [3.8, 4) is 0 Å². The minimum absolute atomic E-state index is 0.0719. The molecule has 0 fully saturated rings. The molecule has 0 aromatic carbocycles. The molecule has 9 heteroatoms. The highest BCUT2D eigenvalue weighted by atomic mass is 31.2. The van der Waals surface area contributed by atoms with Gasteiger partial charge in [-0.25, -0.2) is 0 Å². The highest BCUT2D eigenvalue weighted by Gasteiger charge is 2.44. The predicted octanol–water partition coefficient (Wildman–Crippen LogP) is 4.68. The van der Waals surface area contributed by atoms with Crippen molar-refractivity contribution >= 4 is 15.2 Å². The second kappa shape index (κ2) is 12.8. The van der Waals surface area contributed by atoms with Crippen molar-refractivity contribution in [2.24, 2.45) is 0 Å². The highest BCUT2D eigenvalue weighted by molar-refractivity contribution is 7.71. The molecule has 0 aliphatic heterocycles. The molecule has 0 amide bonds. The van der Waals surface area contributed by atoms with Gasteiger partial charge in [-0.2, -0.15) is 0 Å². The quantitative estimate of drug-likeness (QED) is 0.251. The minimum atomic E-state index is -4.83. The van der Waals surface area contributed by atoms with Crippen molar-refractivity contribution in [1.82, 2.24) is 5.32 Å². The van der Waals surface area contributed by atoms with Crippen LogP contribution in [0, 0.1) is 0 Å². The van der Waals surface area contributed by atoms with Crippen molar-refractivity contribution in [3.05, 3.63) is 34.9 Å². The summed E-state index contributed by atoms with van der Waals surface area (Å²) in [6, 6.07) is 0. The lowest BCUT2D eigenvalue weighted by Crippen LogP contribution is -2.30. The topological polar surface area (TPSA) is 116 Å². The summed E-state index contributed by atoms with van der Waals surface area (Å²) in [5.41, 5.74) is 1.76. The largest absolute Gasteiger partial charge is 0.357 e. The molecule has 7 nitrogen and oxygen atoms in total. The normalized spacial score (nSPS) is 16.7. The van der Waals surface area contributed by atoms with Gasteiger partial charge >= 0.3 is 15.2 Å². The van der Waals surface area contributed by atoms with Gasteiger partial charge in [0.15, 0.2) is 0 Å². The van der Waals surface area contributed by atoms with Gasteiger partial charge in [0.05, 0.1) is 6.61 Å². The van der Waals surface area contributed by atoms with E-state index in [-0.39, 0.29) is 13.2 Å². The maximum Gasteiger partial charge on any atom is 0.357 e. The first-order chi connectivity index (χ1) is 12.4. The molecule has 0 aliphatic rings. The van der Waals surface area contributed by atoms with E-state index in [0.29, 0.717) is 0 Å². The molecular weight excluding hydrogens is 388 g/mol. The van der Waals surface area contributed by atoms with E-state index >= 15 is 0 Å². The zero-order chi connectivity index (χ0) is 21.1. The van der Waals surface area contributed by atoms with Gasteiger partial charge in [0.2, 0.25) is 5.52 Å². The molecule has 0 aromatic heterocycles. The molecule has 0 spiro atoms. The van der Waals surface area contributed by atoms with Gasteiger partial charge in [0.25, 0.3) is 0 Å². The monoisotopic (exact) mass is 423 g/mol. The SMILES string of the molecule is CCOP(=O)(O)C(NC/C=C(\C)CC/C=C(\C)CCC=C(C)C)P(=O)(O)O. The lowest BCUT2D eigenvalue weighted by Gasteiger charge is -2.23. The maximum absolute atomic E-state index is 12.0. The average Bonchev–Trinajstić information content (AvgIpc) is 2.49. The fourth-order valence-electron chi connectivity index (χ4n) is 2.36. The number of allylic oxidation sites excluding steroid dienone is 5. The van der Waals surface area contributed by atoms with E-state index in [9.17, 15) is 23.8 Å². The maximum atomic E-state index is 12.0. The number of hydrogen-bond acceptors (Lipinski definition) is 4. The Labute approximate surface area is 163 Å². The Morgan fingerprint density at radius 2 is 1.48 bits per heavy atom. The Morgan fingerprint density at radius 1 is 0.963 bits per heavy atom. The molecule has 27 heavy (non-hydrogen) atoms. The minimum Gasteiger partial charge on any atom is -0.323 e. The lowest BCUT2D eigenvalue weighted by molar-refractivity contribution is 0.260. The molecular formula is C18H35NO6P2. The Kier molecular flexibility index (Phi) is 12.6. The average molecular weight is 423 g/mol. The molecule has 158 valence electrons. The van der Waals surface area contributed by atoms with Crippen LogP contribution in [0.1, 0.15) is 60.3 Å². The zero-order valence-electron chi connectivity index (χ0n) is 17.0. The van der Waals surface area contributed by atoms with Gasteiger partial charge in [-0.05, 0) is 60.3 Å². The van der Waals surface area contributed by atoms with Crippen molar-refractivity contribution in [1.29, 1.82) is 0 Å². The van der Waals surface area contributed by atoms with Crippen LogP contribution in [0.5, 0.6) is 0 Å². The molecule has 0 rings (SSSR count). The summed E-state index contributed by atoms with van der Waals surface area (Å²) in [7, 11) is -9.29. The van der Waals surface area contributed by atoms with Crippen molar-refractivity contribution in [2.45, 2.75) is 65.8 Å². The van der Waals surface area contributed by atoms with E-state index in [1.807, 2.05) is 6.92 Å². The van der Waals surface area contributed by atoms with Crippen molar-refractivity contribution < 1.29 is 28.3 Å². The molecule has 0 saturated carbocycles. The first kappa shape index (κ1) is 26.5. The van der Waals surface area contributed by atoms with Crippen LogP contribution in [-0.2, 0) is 13.7 Å². The first-order valence-corrected chi connectivity index (χ1v) is 12.4. The summed E-state index contributed by atoms with van der Waals surface area (Å²) in [4.78, 5) is 28.4. The third-order valence-electron chi connectivity index (χ3n) is 3.82. The van der Waals surface area contributed by atoms with E-state index < -0.39 is 20.7 Å². The standard InChI is InChI=1S/C18H35NO6P2/c1-6-25-27(23,24)18(26(20,21)22)19-14-13-17(5)12-8-11-16(4)10-7-9-15(2)3/h9,11,13,18-19H,6-8,10,12,14H2,1-5H3,(H,23,24)(H2,20,21,22)/b16-11+,17-13+. The third-order valence-corrected chi connectivity index (χ3v) is 7.84. The summed E-state index contributed by atoms with van der Waals surface area (Å²) in [6.07, 6.45) is 9.93. The van der Waals surface area contributed by atoms with Gasteiger partial charge in [0.1, 0.15) is 0 Å². The Balaban J connectivity index is 4.57. The second-order valence-corrected chi connectivity index (χ2v) is 10.8. The Bertz CT molecular complexity index is 632. The van der Waals surface area contributed by atoms with Gasteiger partial charge in [-0.15, -0.1) is 0 Å². The van der Waals surface area contributed by atoms with E-state index in [4.69, 9.17) is 0 Å². The molecule has 0 aliphatic carbocycles. The van der Waals surface area contributed by atoms with Crippen LogP contribution in [0.15, 0.2) is 34.9 Å². The first-order valence-electron chi connectivity index (χ1n) is 9.10. The number of hydrogen-bond donors (Lipinski definition) is 4. The Morgan fingerprint density at radius 3 is 1.96 bits per heavy atom. The molecule has 2 unspecified atom stereocenters. The third kappa shape index (κ3) is 12.5. The summed E-state index contributed by atoms with van der Waals surface area (Å²) in [5, 5.41) is 2.45. The molecule has 2 atom stereocenters. The van der Waals surface area contributed by atoms with Crippen LogP contribution in [0.4, 0.5) is 0 Å². The van der Waals surface area contributed by atoms with Crippen LogP contribution in [0.3, 0.4) is 0 Å². The van der Waals surface area contributed by atoms with E-state index in [1.165, 1.54) is 18.1 Å². The van der Waals surface area contributed by atoms with Crippen LogP contribution < -0.4 is 5.32 Å².